The topological polar surface area (TPSA) is 52.6 Å². The Morgan fingerprint density at radius 3 is 2.37 bits per heavy atom. The molecule has 2 aliphatic heterocycles. The van der Waals surface area contributed by atoms with Gasteiger partial charge in [0.05, 0.1) is 0 Å². The van der Waals surface area contributed by atoms with Crippen LogP contribution >= 0.6 is 0 Å². The highest BCUT2D eigenvalue weighted by Gasteiger charge is 2.27. The Balaban J connectivity index is 1.68. The summed E-state index contributed by atoms with van der Waals surface area (Å²) in [5.74, 6) is 1.54. The number of hydrogen-bond acceptors (Lipinski definition) is 5. The van der Waals surface area contributed by atoms with Crippen molar-refractivity contribution in [1.82, 2.24) is 19.8 Å². The van der Waals surface area contributed by atoms with Gasteiger partial charge in [-0.3, -0.25) is 4.79 Å². The number of hydrogen-bond donors (Lipinski definition) is 0. The molecule has 2 fully saturated rings. The number of anilines is 1. The summed E-state index contributed by atoms with van der Waals surface area (Å²) < 4.78 is 0. The van der Waals surface area contributed by atoms with Gasteiger partial charge in [-0.05, 0) is 19.4 Å². The number of likely N-dealkylation sites (N-methyl/N-ethyl adjacent to an activating group) is 1. The van der Waals surface area contributed by atoms with E-state index in [0.717, 1.165) is 70.0 Å². The molecule has 0 radical (unpaired) electrons. The molecule has 1 amide bonds. The summed E-state index contributed by atoms with van der Waals surface area (Å²) in [7, 11) is 0. The van der Waals surface area contributed by atoms with Gasteiger partial charge in [-0.25, -0.2) is 9.97 Å². The molecule has 0 atom stereocenters. The van der Waals surface area contributed by atoms with Crippen molar-refractivity contribution < 1.29 is 4.79 Å². The molecule has 2 aromatic rings. The van der Waals surface area contributed by atoms with Gasteiger partial charge in [-0.2, -0.15) is 0 Å². The minimum absolute atomic E-state index is 0.0695. The molecule has 2 aliphatic rings. The van der Waals surface area contributed by atoms with Crippen LogP contribution in [-0.2, 0) is 0 Å². The number of carbonyl (C=O) groups excluding carboxylic acids is 1. The molecule has 1 aromatic carbocycles. The van der Waals surface area contributed by atoms with E-state index >= 15 is 0 Å². The molecule has 0 saturated carbocycles. The van der Waals surface area contributed by atoms with Crippen LogP contribution in [0.15, 0.2) is 36.5 Å². The number of likely N-dealkylation sites (tertiary alicyclic amines) is 1. The molecule has 1 aromatic heterocycles. The predicted octanol–water partition coefficient (Wildman–Crippen LogP) is 2.52. The molecule has 27 heavy (non-hydrogen) atoms. The Bertz CT molecular complexity index is 780. The van der Waals surface area contributed by atoms with Crippen molar-refractivity contribution in [2.24, 2.45) is 0 Å². The predicted molar refractivity (Wildman–Crippen MR) is 107 cm³/mol. The third kappa shape index (κ3) is 3.81. The summed E-state index contributed by atoms with van der Waals surface area (Å²) in [5, 5.41) is 0. The number of piperazine rings is 1. The molecule has 0 unspecified atom stereocenters. The van der Waals surface area contributed by atoms with Gasteiger partial charge in [0, 0.05) is 51.0 Å². The Morgan fingerprint density at radius 2 is 1.70 bits per heavy atom. The fourth-order valence-electron chi connectivity index (χ4n) is 3.86. The third-order valence-electron chi connectivity index (χ3n) is 5.54. The largest absolute Gasteiger partial charge is 0.353 e. The second-order valence-electron chi connectivity index (χ2n) is 7.22. The van der Waals surface area contributed by atoms with Crippen LogP contribution in [0.5, 0.6) is 0 Å². The SMILES string of the molecule is CCN1CCN(c2nc(-c3ccccc3)ncc2C(=O)N2CCCC2)CC1. The first-order valence-corrected chi connectivity index (χ1v) is 9.95. The van der Waals surface area contributed by atoms with E-state index in [9.17, 15) is 4.79 Å². The van der Waals surface area contributed by atoms with E-state index in [1.807, 2.05) is 35.2 Å². The number of amides is 1. The third-order valence-corrected chi connectivity index (χ3v) is 5.54. The zero-order valence-electron chi connectivity index (χ0n) is 16.0. The van der Waals surface area contributed by atoms with Crippen molar-refractivity contribution in [2.75, 3.05) is 50.7 Å². The first-order chi connectivity index (χ1) is 13.3. The van der Waals surface area contributed by atoms with Crippen molar-refractivity contribution >= 4 is 11.7 Å². The maximum atomic E-state index is 13.1. The average Bonchev–Trinajstić information content (AvgIpc) is 3.28. The molecule has 4 rings (SSSR count). The summed E-state index contributed by atoms with van der Waals surface area (Å²) >= 11 is 0. The lowest BCUT2D eigenvalue weighted by atomic mass is 10.2. The number of aromatic nitrogens is 2. The van der Waals surface area contributed by atoms with Gasteiger partial charge < -0.3 is 14.7 Å². The van der Waals surface area contributed by atoms with Crippen molar-refractivity contribution in [3.05, 3.63) is 42.1 Å². The summed E-state index contributed by atoms with van der Waals surface area (Å²) in [6.07, 6.45) is 3.90. The summed E-state index contributed by atoms with van der Waals surface area (Å²) in [6, 6.07) is 9.98. The molecule has 2 saturated heterocycles. The van der Waals surface area contributed by atoms with E-state index in [4.69, 9.17) is 4.98 Å². The molecule has 0 aliphatic carbocycles. The van der Waals surface area contributed by atoms with E-state index in [1.165, 1.54) is 0 Å². The van der Waals surface area contributed by atoms with Crippen molar-refractivity contribution in [2.45, 2.75) is 19.8 Å². The highest BCUT2D eigenvalue weighted by Crippen LogP contribution is 2.25. The van der Waals surface area contributed by atoms with Gasteiger partial charge in [0.25, 0.3) is 5.91 Å². The molecular formula is C21H27N5O. The van der Waals surface area contributed by atoms with Gasteiger partial charge in [0.15, 0.2) is 5.82 Å². The van der Waals surface area contributed by atoms with E-state index in [1.54, 1.807) is 6.20 Å². The lowest BCUT2D eigenvalue weighted by Crippen LogP contribution is -2.47. The van der Waals surface area contributed by atoms with Gasteiger partial charge in [0.2, 0.25) is 0 Å². The molecule has 6 heteroatoms. The molecular weight excluding hydrogens is 338 g/mol. The number of carbonyl (C=O) groups is 1. The summed E-state index contributed by atoms with van der Waals surface area (Å²) in [5.41, 5.74) is 1.62. The lowest BCUT2D eigenvalue weighted by Gasteiger charge is -2.35. The molecule has 0 N–H and O–H groups in total. The van der Waals surface area contributed by atoms with Crippen LogP contribution < -0.4 is 4.90 Å². The first-order valence-electron chi connectivity index (χ1n) is 9.95. The minimum Gasteiger partial charge on any atom is -0.353 e. The normalized spacial score (nSPS) is 18.1. The Kier molecular flexibility index (Phi) is 5.34. The maximum absolute atomic E-state index is 13.1. The number of rotatable bonds is 4. The standard InChI is InChI=1S/C21H27N5O/c1-2-24-12-14-25(15-13-24)20-18(21(27)26-10-6-7-11-26)16-22-19(23-20)17-8-4-3-5-9-17/h3-5,8-9,16H,2,6-7,10-15H2,1H3. The number of benzene rings is 1. The number of nitrogens with zero attached hydrogens (tertiary/aromatic N) is 5. The van der Waals surface area contributed by atoms with Crippen LogP contribution in [0, 0.1) is 0 Å². The molecule has 0 spiro atoms. The minimum atomic E-state index is 0.0695. The van der Waals surface area contributed by atoms with Crippen molar-refractivity contribution in [3.63, 3.8) is 0 Å². The van der Waals surface area contributed by atoms with Crippen LogP contribution in [-0.4, -0.2) is 71.5 Å². The zero-order chi connectivity index (χ0) is 18.6. The van der Waals surface area contributed by atoms with Crippen molar-refractivity contribution in [3.8, 4) is 11.4 Å². The lowest BCUT2D eigenvalue weighted by molar-refractivity contribution is 0.0792. The van der Waals surface area contributed by atoms with E-state index in [0.29, 0.717) is 11.4 Å². The second-order valence-corrected chi connectivity index (χ2v) is 7.22. The maximum Gasteiger partial charge on any atom is 0.259 e. The quantitative estimate of drug-likeness (QED) is 0.833. The first kappa shape index (κ1) is 17.9. The van der Waals surface area contributed by atoms with Crippen molar-refractivity contribution in [1.29, 1.82) is 0 Å². The van der Waals surface area contributed by atoms with Crippen LogP contribution in [0.4, 0.5) is 5.82 Å². The molecule has 6 nitrogen and oxygen atoms in total. The molecule has 142 valence electrons. The highest BCUT2D eigenvalue weighted by atomic mass is 16.2. The molecule has 0 bridgehead atoms. The van der Waals surface area contributed by atoms with E-state index < -0.39 is 0 Å². The van der Waals surface area contributed by atoms with Crippen LogP contribution in [0.2, 0.25) is 0 Å². The van der Waals surface area contributed by atoms with Crippen LogP contribution in [0.25, 0.3) is 11.4 Å². The Morgan fingerprint density at radius 1 is 1.00 bits per heavy atom. The fraction of sp³-hybridized carbons (Fsp3) is 0.476. The van der Waals surface area contributed by atoms with Crippen LogP contribution in [0.3, 0.4) is 0 Å². The van der Waals surface area contributed by atoms with Gasteiger partial charge in [0.1, 0.15) is 11.4 Å². The average molecular weight is 365 g/mol. The van der Waals surface area contributed by atoms with Gasteiger partial charge in [-0.1, -0.05) is 37.3 Å². The smallest absolute Gasteiger partial charge is 0.259 e. The molecule has 3 heterocycles. The van der Waals surface area contributed by atoms with Gasteiger partial charge in [-0.15, -0.1) is 0 Å². The Labute approximate surface area is 160 Å². The zero-order valence-corrected chi connectivity index (χ0v) is 16.0. The second kappa shape index (κ2) is 8.05. The monoisotopic (exact) mass is 365 g/mol. The summed E-state index contributed by atoms with van der Waals surface area (Å²) in [6.45, 7) is 8.70. The van der Waals surface area contributed by atoms with E-state index in [-0.39, 0.29) is 5.91 Å². The Hall–Kier alpha value is -2.47. The fourth-order valence-corrected chi connectivity index (χ4v) is 3.86. The summed E-state index contributed by atoms with van der Waals surface area (Å²) in [4.78, 5) is 29.1. The van der Waals surface area contributed by atoms with Gasteiger partial charge >= 0.3 is 0 Å². The van der Waals surface area contributed by atoms with E-state index in [2.05, 4.69) is 21.7 Å². The highest BCUT2D eigenvalue weighted by molar-refractivity contribution is 5.99. The van der Waals surface area contributed by atoms with Crippen LogP contribution in [0.1, 0.15) is 30.1 Å².